The van der Waals surface area contributed by atoms with Gasteiger partial charge in [-0.3, -0.25) is 0 Å². The first-order valence-electron chi connectivity index (χ1n) is 6.36. The molecule has 17 heavy (non-hydrogen) atoms. The van der Waals surface area contributed by atoms with Crippen molar-refractivity contribution in [3.63, 3.8) is 0 Å². The number of rotatable bonds is 2. The third-order valence-electron chi connectivity index (χ3n) is 2.86. The molecular formula is C14H22N2S. The number of pyridine rings is 1. The Morgan fingerprint density at radius 2 is 1.88 bits per heavy atom. The summed E-state index contributed by atoms with van der Waals surface area (Å²) in [7, 11) is 0. The molecule has 2 heterocycles. The molecule has 0 aromatic carbocycles. The fraction of sp³-hybridized carbons (Fsp3) is 0.643. The molecule has 1 aliphatic rings. The smallest absolute Gasteiger partial charge is 0.131 e. The third-order valence-corrected chi connectivity index (χ3v) is 3.93. The van der Waals surface area contributed by atoms with E-state index in [-0.39, 0.29) is 4.75 Å². The molecule has 3 heteroatoms. The van der Waals surface area contributed by atoms with Crippen LogP contribution in [0.25, 0.3) is 0 Å². The Bertz CT molecular complexity index is 390. The summed E-state index contributed by atoms with van der Waals surface area (Å²) in [6, 6.07) is 2.27. The van der Waals surface area contributed by atoms with Crippen molar-refractivity contribution in [2.24, 2.45) is 0 Å². The highest BCUT2D eigenvalue weighted by atomic mass is 32.2. The molecule has 0 N–H and O–H groups in total. The molecule has 0 unspecified atom stereocenters. The quantitative estimate of drug-likeness (QED) is 0.741. The van der Waals surface area contributed by atoms with Crippen molar-refractivity contribution in [3.8, 4) is 0 Å². The molecule has 0 spiro atoms. The van der Waals surface area contributed by atoms with Crippen molar-refractivity contribution >= 4 is 17.6 Å². The van der Waals surface area contributed by atoms with Gasteiger partial charge in [-0.1, -0.05) is 20.8 Å². The number of anilines is 1. The largest absolute Gasteiger partial charge is 0.356 e. The van der Waals surface area contributed by atoms with Gasteiger partial charge in [0.25, 0.3) is 0 Å². The van der Waals surface area contributed by atoms with E-state index < -0.39 is 0 Å². The van der Waals surface area contributed by atoms with Crippen LogP contribution in [0.1, 0.15) is 39.2 Å². The number of aromatic nitrogens is 1. The van der Waals surface area contributed by atoms with Crippen LogP contribution >= 0.6 is 11.8 Å². The number of nitrogens with zero attached hydrogens (tertiary/aromatic N) is 2. The van der Waals surface area contributed by atoms with Crippen molar-refractivity contribution in [2.75, 3.05) is 18.0 Å². The van der Waals surface area contributed by atoms with Crippen molar-refractivity contribution in [1.29, 1.82) is 0 Å². The van der Waals surface area contributed by atoms with Crippen LogP contribution in [0.4, 0.5) is 5.82 Å². The van der Waals surface area contributed by atoms with Gasteiger partial charge in [0.05, 0.1) is 0 Å². The summed E-state index contributed by atoms with van der Waals surface area (Å²) in [5.41, 5.74) is 1.31. The minimum atomic E-state index is 0.253. The second kappa shape index (κ2) is 4.89. The molecule has 0 amide bonds. The van der Waals surface area contributed by atoms with Crippen LogP contribution in [0.15, 0.2) is 17.2 Å². The van der Waals surface area contributed by atoms with Gasteiger partial charge in [-0.25, -0.2) is 4.98 Å². The van der Waals surface area contributed by atoms with Crippen LogP contribution in [-0.4, -0.2) is 22.8 Å². The topological polar surface area (TPSA) is 16.1 Å². The monoisotopic (exact) mass is 250 g/mol. The van der Waals surface area contributed by atoms with Crippen LogP contribution < -0.4 is 4.90 Å². The Morgan fingerprint density at radius 3 is 2.41 bits per heavy atom. The fourth-order valence-corrected chi connectivity index (χ4v) is 3.26. The zero-order valence-electron chi connectivity index (χ0n) is 11.3. The van der Waals surface area contributed by atoms with E-state index in [2.05, 4.69) is 43.6 Å². The van der Waals surface area contributed by atoms with E-state index in [1.54, 1.807) is 0 Å². The maximum atomic E-state index is 4.65. The lowest BCUT2D eigenvalue weighted by Gasteiger charge is -2.21. The molecule has 1 aliphatic heterocycles. The molecule has 0 atom stereocenters. The first-order valence-corrected chi connectivity index (χ1v) is 7.18. The Balaban J connectivity index is 2.16. The van der Waals surface area contributed by atoms with Crippen molar-refractivity contribution < 1.29 is 0 Å². The van der Waals surface area contributed by atoms with E-state index in [1.807, 2.05) is 18.0 Å². The molecule has 1 aromatic rings. The van der Waals surface area contributed by atoms with Crippen LogP contribution in [0.5, 0.6) is 0 Å². The van der Waals surface area contributed by atoms with Gasteiger partial charge < -0.3 is 4.90 Å². The van der Waals surface area contributed by atoms with E-state index in [9.17, 15) is 0 Å². The summed E-state index contributed by atoms with van der Waals surface area (Å²) < 4.78 is 0.253. The van der Waals surface area contributed by atoms with E-state index in [0.717, 1.165) is 0 Å². The Hall–Kier alpha value is -0.700. The van der Waals surface area contributed by atoms with E-state index in [4.69, 9.17) is 0 Å². The molecule has 94 valence electrons. The zero-order chi connectivity index (χ0) is 12.5. The maximum Gasteiger partial charge on any atom is 0.131 e. The molecule has 2 rings (SSSR count). The highest BCUT2D eigenvalue weighted by Gasteiger charge is 2.17. The average Bonchev–Trinajstić information content (AvgIpc) is 2.68. The molecule has 1 aromatic heterocycles. The highest BCUT2D eigenvalue weighted by Crippen LogP contribution is 2.33. The van der Waals surface area contributed by atoms with Crippen LogP contribution in [-0.2, 0) is 0 Å². The van der Waals surface area contributed by atoms with Crippen molar-refractivity contribution in [1.82, 2.24) is 4.98 Å². The van der Waals surface area contributed by atoms with Gasteiger partial charge in [0, 0.05) is 28.9 Å². The van der Waals surface area contributed by atoms with Gasteiger partial charge >= 0.3 is 0 Å². The lowest BCUT2D eigenvalue weighted by molar-refractivity contribution is 0.802. The molecule has 0 saturated carbocycles. The first kappa shape index (κ1) is 12.7. The zero-order valence-corrected chi connectivity index (χ0v) is 12.1. The Kier molecular flexibility index (Phi) is 3.67. The second-order valence-electron chi connectivity index (χ2n) is 5.72. The summed E-state index contributed by atoms with van der Waals surface area (Å²) in [6.07, 6.45) is 4.63. The SMILES string of the molecule is Cc1cc(SC(C)(C)C)cnc1N1CCCC1. The minimum Gasteiger partial charge on any atom is -0.356 e. The van der Waals surface area contributed by atoms with E-state index in [0.29, 0.717) is 0 Å². The van der Waals surface area contributed by atoms with Gasteiger partial charge in [0.15, 0.2) is 0 Å². The number of aryl methyl sites for hydroxylation is 1. The average molecular weight is 250 g/mol. The lowest BCUT2D eigenvalue weighted by atomic mass is 10.2. The van der Waals surface area contributed by atoms with Crippen LogP contribution in [0.3, 0.4) is 0 Å². The summed E-state index contributed by atoms with van der Waals surface area (Å²) in [5, 5.41) is 0. The fourth-order valence-electron chi connectivity index (χ4n) is 2.21. The summed E-state index contributed by atoms with van der Waals surface area (Å²) >= 11 is 1.89. The predicted molar refractivity (Wildman–Crippen MR) is 76.0 cm³/mol. The third kappa shape index (κ3) is 3.38. The lowest BCUT2D eigenvalue weighted by Crippen LogP contribution is -2.20. The molecule has 0 bridgehead atoms. The normalized spacial score (nSPS) is 16.6. The maximum absolute atomic E-state index is 4.65. The molecule has 1 saturated heterocycles. The number of thioether (sulfide) groups is 1. The van der Waals surface area contributed by atoms with E-state index in [1.165, 1.54) is 42.2 Å². The number of hydrogen-bond acceptors (Lipinski definition) is 3. The molecular weight excluding hydrogens is 228 g/mol. The summed E-state index contributed by atoms with van der Waals surface area (Å²) in [4.78, 5) is 8.33. The molecule has 0 aliphatic carbocycles. The van der Waals surface area contributed by atoms with Crippen molar-refractivity contribution in [3.05, 3.63) is 17.8 Å². The van der Waals surface area contributed by atoms with Gasteiger partial charge in [0.1, 0.15) is 5.82 Å². The standard InChI is InChI=1S/C14H22N2S/c1-11-9-12(17-14(2,3)4)10-15-13(11)16-7-5-6-8-16/h9-10H,5-8H2,1-4H3. The highest BCUT2D eigenvalue weighted by molar-refractivity contribution is 8.00. The van der Waals surface area contributed by atoms with Gasteiger partial charge in [-0.05, 0) is 31.4 Å². The van der Waals surface area contributed by atoms with Crippen LogP contribution in [0.2, 0.25) is 0 Å². The van der Waals surface area contributed by atoms with Gasteiger partial charge in [-0.15, -0.1) is 11.8 Å². The Labute approximate surface area is 109 Å². The van der Waals surface area contributed by atoms with Crippen molar-refractivity contribution in [2.45, 2.75) is 50.2 Å². The number of hydrogen-bond donors (Lipinski definition) is 0. The summed E-state index contributed by atoms with van der Waals surface area (Å²) in [5.74, 6) is 1.18. The molecule has 0 radical (unpaired) electrons. The van der Waals surface area contributed by atoms with Gasteiger partial charge in [-0.2, -0.15) is 0 Å². The van der Waals surface area contributed by atoms with Gasteiger partial charge in [0.2, 0.25) is 0 Å². The first-order chi connectivity index (χ1) is 7.96. The minimum absolute atomic E-state index is 0.253. The predicted octanol–water partition coefficient (Wildman–Crippen LogP) is 3.88. The van der Waals surface area contributed by atoms with Crippen LogP contribution in [0, 0.1) is 6.92 Å². The Morgan fingerprint density at radius 1 is 1.24 bits per heavy atom. The van der Waals surface area contributed by atoms with E-state index >= 15 is 0 Å². The molecule has 2 nitrogen and oxygen atoms in total. The second-order valence-corrected chi connectivity index (χ2v) is 7.62. The summed E-state index contributed by atoms with van der Waals surface area (Å²) in [6.45, 7) is 11.2. The molecule has 1 fully saturated rings.